The number of benzene rings is 1. The second-order valence-corrected chi connectivity index (χ2v) is 8.92. The third kappa shape index (κ3) is 3.85. The Labute approximate surface area is 185 Å². The molecule has 5 rings (SSSR count). The molecule has 0 bridgehead atoms. The van der Waals surface area contributed by atoms with Gasteiger partial charge in [0.25, 0.3) is 5.91 Å². The van der Waals surface area contributed by atoms with Gasteiger partial charge in [-0.1, -0.05) is 11.6 Å². The maximum Gasteiger partial charge on any atom is 0.251 e. The van der Waals surface area contributed by atoms with Crippen molar-refractivity contribution >= 4 is 40.0 Å². The van der Waals surface area contributed by atoms with Crippen LogP contribution in [0.3, 0.4) is 0 Å². The average molecular weight is 441 g/mol. The second kappa shape index (κ2) is 7.76. The minimum Gasteiger partial charge on any atom is -0.384 e. The Hall–Kier alpha value is -2.71. The minimum absolute atomic E-state index is 0.116. The zero-order valence-corrected chi connectivity index (χ0v) is 18.3. The van der Waals surface area contributed by atoms with E-state index in [2.05, 4.69) is 20.1 Å². The monoisotopic (exact) mass is 440 g/mol. The number of halogens is 1. The summed E-state index contributed by atoms with van der Waals surface area (Å²) in [6, 6.07) is 4.39. The molecule has 1 saturated heterocycles. The van der Waals surface area contributed by atoms with E-state index in [1.807, 2.05) is 25.3 Å². The average Bonchev–Trinajstić information content (AvgIpc) is 3.36. The van der Waals surface area contributed by atoms with E-state index in [9.17, 15) is 9.90 Å². The summed E-state index contributed by atoms with van der Waals surface area (Å²) >= 11 is 6.57. The smallest absolute Gasteiger partial charge is 0.251 e. The summed E-state index contributed by atoms with van der Waals surface area (Å²) in [5.41, 5.74) is 3.75. The number of likely N-dealkylation sites (tertiary alicyclic amines) is 1. The zero-order valence-electron chi connectivity index (χ0n) is 17.5. The van der Waals surface area contributed by atoms with E-state index in [0.717, 1.165) is 34.3 Å². The highest BCUT2D eigenvalue weighted by molar-refractivity contribution is 6.32. The van der Waals surface area contributed by atoms with Crippen molar-refractivity contribution in [1.29, 1.82) is 0 Å². The van der Waals surface area contributed by atoms with E-state index in [-0.39, 0.29) is 11.8 Å². The van der Waals surface area contributed by atoms with Crippen molar-refractivity contribution in [2.24, 2.45) is 0 Å². The second-order valence-electron chi connectivity index (χ2n) is 8.52. The van der Waals surface area contributed by atoms with Gasteiger partial charge in [0.1, 0.15) is 6.10 Å². The fourth-order valence-electron chi connectivity index (χ4n) is 4.27. The van der Waals surface area contributed by atoms with Crippen LogP contribution in [0.25, 0.3) is 10.9 Å². The van der Waals surface area contributed by atoms with Crippen molar-refractivity contribution in [3.63, 3.8) is 0 Å². The number of hydrogen-bond donors (Lipinski definition) is 2. The van der Waals surface area contributed by atoms with Crippen molar-refractivity contribution in [3.05, 3.63) is 40.8 Å². The number of anilines is 2. The molecule has 9 heteroatoms. The number of rotatable bonds is 5. The van der Waals surface area contributed by atoms with Gasteiger partial charge < -0.3 is 15.3 Å². The van der Waals surface area contributed by atoms with E-state index in [1.54, 1.807) is 11.1 Å². The van der Waals surface area contributed by atoms with Crippen LogP contribution in [-0.4, -0.2) is 54.9 Å². The van der Waals surface area contributed by atoms with Crippen LogP contribution in [-0.2, 0) is 4.79 Å². The molecule has 0 unspecified atom stereocenters. The Kier molecular flexibility index (Phi) is 5.06. The Morgan fingerprint density at radius 3 is 2.84 bits per heavy atom. The first-order valence-electron chi connectivity index (χ1n) is 10.6. The van der Waals surface area contributed by atoms with Crippen LogP contribution in [0.2, 0.25) is 5.02 Å². The molecule has 2 aliphatic rings. The third-order valence-electron chi connectivity index (χ3n) is 6.18. The minimum atomic E-state index is -0.986. The first-order chi connectivity index (χ1) is 14.9. The zero-order chi connectivity index (χ0) is 21.7. The number of nitrogens with zero attached hydrogens (tertiary/aromatic N) is 5. The lowest BCUT2D eigenvalue weighted by Gasteiger charge is -2.19. The summed E-state index contributed by atoms with van der Waals surface area (Å²) in [6.45, 7) is 4.71. The number of aromatic nitrogens is 4. The topological polar surface area (TPSA) is 96.2 Å². The molecule has 2 atom stereocenters. The predicted octanol–water partition coefficient (Wildman–Crippen LogP) is 3.56. The Bertz CT molecular complexity index is 1160. The number of nitrogens with one attached hydrogen (secondary N) is 1. The van der Waals surface area contributed by atoms with Crippen LogP contribution in [0.5, 0.6) is 0 Å². The van der Waals surface area contributed by atoms with Crippen molar-refractivity contribution in [1.82, 2.24) is 24.6 Å². The highest BCUT2D eigenvalue weighted by Crippen LogP contribution is 2.37. The maximum atomic E-state index is 12.1. The van der Waals surface area contributed by atoms with Gasteiger partial charge in [0.05, 0.1) is 29.1 Å². The summed E-state index contributed by atoms with van der Waals surface area (Å²) in [5.74, 6) is 0.386. The van der Waals surface area contributed by atoms with E-state index in [1.165, 1.54) is 19.8 Å². The number of carbonyl (C=O) groups is 1. The summed E-state index contributed by atoms with van der Waals surface area (Å²) < 4.78 is 2.06. The molecule has 8 nitrogen and oxygen atoms in total. The molecule has 2 N–H and O–H groups in total. The highest BCUT2D eigenvalue weighted by Gasteiger charge is 2.30. The van der Waals surface area contributed by atoms with Crippen LogP contribution in [0.15, 0.2) is 24.5 Å². The lowest BCUT2D eigenvalue weighted by molar-refractivity contribution is -0.138. The van der Waals surface area contributed by atoms with Gasteiger partial charge in [-0.3, -0.25) is 9.48 Å². The largest absolute Gasteiger partial charge is 0.384 e. The van der Waals surface area contributed by atoms with E-state index in [4.69, 9.17) is 16.6 Å². The van der Waals surface area contributed by atoms with Crippen LogP contribution in [0.1, 0.15) is 49.4 Å². The van der Waals surface area contributed by atoms with Gasteiger partial charge in [-0.25, -0.2) is 9.97 Å². The van der Waals surface area contributed by atoms with Crippen molar-refractivity contribution in [3.8, 4) is 0 Å². The molecule has 3 aromatic rings. The molecule has 1 amide bonds. The van der Waals surface area contributed by atoms with Gasteiger partial charge in [-0.15, -0.1) is 0 Å². The highest BCUT2D eigenvalue weighted by atomic mass is 35.5. The van der Waals surface area contributed by atoms with Crippen LogP contribution < -0.4 is 5.32 Å². The molecule has 162 valence electrons. The standard InChI is InChI=1S/C22H25ClN6O2/c1-12-20(10-25-29(12)16-3-4-16)27-22-24-9-15-7-18(23)17(8-19(15)26-22)14-5-6-28(11-14)21(31)13(2)30/h7-10,13-14,16,30H,3-6,11H2,1-2H3,(H,24,26,27)/t13-,14+/m1/s1. The van der Waals surface area contributed by atoms with Crippen molar-refractivity contribution in [2.75, 3.05) is 18.4 Å². The van der Waals surface area contributed by atoms with Gasteiger partial charge in [0, 0.05) is 35.6 Å². The fourth-order valence-corrected chi connectivity index (χ4v) is 4.60. The quantitative estimate of drug-likeness (QED) is 0.629. The molecule has 2 fully saturated rings. The number of carbonyl (C=O) groups excluding carboxylic acids is 1. The molecule has 1 saturated carbocycles. The van der Waals surface area contributed by atoms with Gasteiger partial charge in [-0.05, 0) is 50.8 Å². The number of hydrogen-bond acceptors (Lipinski definition) is 6. The first kappa shape index (κ1) is 20.2. The number of amides is 1. The molecule has 1 aliphatic heterocycles. The molecular formula is C22H25ClN6O2. The first-order valence-corrected chi connectivity index (χ1v) is 11.0. The summed E-state index contributed by atoms with van der Waals surface area (Å²) in [7, 11) is 0. The Morgan fingerprint density at radius 2 is 2.10 bits per heavy atom. The number of aliphatic hydroxyl groups is 1. The SMILES string of the molecule is Cc1c(Nc2ncc3cc(Cl)c([C@H]4CCN(C(=O)[C@@H](C)O)C4)cc3n2)cnn1C1CC1. The van der Waals surface area contributed by atoms with E-state index < -0.39 is 6.10 Å². The number of aliphatic hydroxyl groups excluding tert-OH is 1. The lowest BCUT2D eigenvalue weighted by Crippen LogP contribution is -2.35. The van der Waals surface area contributed by atoms with Gasteiger partial charge in [-0.2, -0.15) is 5.10 Å². The number of fused-ring (bicyclic) bond motifs is 1. The third-order valence-corrected chi connectivity index (χ3v) is 6.51. The molecule has 1 aromatic carbocycles. The fraction of sp³-hybridized carbons (Fsp3) is 0.455. The molecule has 0 spiro atoms. The van der Waals surface area contributed by atoms with Gasteiger partial charge >= 0.3 is 0 Å². The van der Waals surface area contributed by atoms with Gasteiger partial charge in [0.15, 0.2) is 0 Å². The van der Waals surface area contributed by atoms with Crippen molar-refractivity contribution < 1.29 is 9.90 Å². The van der Waals surface area contributed by atoms with Crippen LogP contribution >= 0.6 is 11.6 Å². The van der Waals surface area contributed by atoms with E-state index >= 15 is 0 Å². The van der Waals surface area contributed by atoms with Gasteiger partial charge in [0.2, 0.25) is 5.95 Å². The lowest BCUT2D eigenvalue weighted by atomic mass is 9.97. The predicted molar refractivity (Wildman–Crippen MR) is 119 cm³/mol. The summed E-state index contributed by atoms with van der Waals surface area (Å²) in [5, 5.41) is 18.9. The van der Waals surface area contributed by atoms with Crippen LogP contribution in [0.4, 0.5) is 11.6 Å². The van der Waals surface area contributed by atoms with E-state index in [0.29, 0.717) is 30.1 Å². The molecule has 0 radical (unpaired) electrons. The molecule has 3 heterocycles. The molecule has 1 aliphatic carbocycles. The summed E-state index contributed by atoms with van der Waals surface area (Å²) in [6.07, 6.45) is 5.76. The molecule has 31 heavy (non-hydrogen) atoms. The maximum absolute atomic E-state index is 12.1. The van der Waals surface area contributed by atoms with Crippen LogP contribution in [0, 0.1) is 6.92 Å². The van der Waals surface area contributed by atoms with Crippen molar-refractivity contribution in [2.45, 2.75) is 51.2 Å². The molecule has 2 aromatic heterocycles. The normalized spacial score (nSPS) is 19.7. The molecular weight excluding hydrogens is 416 g/mol. The summed E-state index contributed by atoms with van der Waals surface area (Å²) in [4.78, 5) is 23.0. The Balaban J connectivity index is 1.40. The Morgan fingerprint density at radius 1 is 1.29 bits per heavy atom.